The number of carbonyl (C=O) groups excluding carboxylic acids is 1. The Morgan fingerprint density at radius 1 is 1.33 bits per heavy atom. The van der Waals surface area contributed by atoms with Crippen molar-refractivity contribution in [3.05, 3.63) is 75.3 Å². The summed E-state index contributed by atoms with van der Waals surface area (Å²) in [7, 11) is 0. The highest BCUT2D eigenvalue weighted by Crippen LogP contribution is 2.29. The number of fused-ring (bicyclic) bond motifs is 1. The van der Waals surface area contributed by atoms with E-state index in [9.17, 15) is 9.18 Å². The van der Waals surface area contributed by atoms with Crippen molar-refractivity contribution in [1.82, 2.24) is 4.57 Å². The lowest BCUT2D eigenvalue weighted by molar-refractivity contribution is 0.0997. The highest BCUT2D eigenvalue weighted by molar-refractivity contribution is 7.16. The lowest BCUT2D eigenvalue weighted by Gasteiger charge is -2.03. The van der Waals surface area contributed by atoms with Crippen LogP contribution in [0.25, 0.3) is 10.2 Å². The molecule has 0 aliphatic heterocycles. The molecule has 122 valence electrons. The molecule has 7 heteroatoms. The molecular formula is C17H11Cl2FN2OS. The van der Waals surface area contributed by atoms with Gasteiger partial charge in [0.2, 0.25) is 0 Å². The zero-order valence-electron chi connectivity index (χ0n) is 12.3. The molecule has 0 bridgehead atoms. The van der Waals surface area contributed by atoms with Crippen LogP contribution in [0.1, 0.15) is 10.4 Å². The van der Waals surface area contributed by atoms with Crippen molar-refractivity contribution in [2.24, 2.45) is 4.99 Å². The first-order valence-electron chi connectivity index (χ1n) is 6.93. The van der Waals surface area contributed by atoms with Gasteiger partial charge in [-0.05, 0) is 30.3 Å². The third kappa shape index (κ3) is 3.29. The summed E-state index contributed by atoms with van der Waals surface area (Å²) in [6.07, 6.45) is 1.68. The number of hydrogen-bond acceptors (Lipinski definition) is 2. The van der Waals surface area contributed by atoms with Crippen LogP contribution < -0.4 is 4.80 Å². The van der Waals surface area contributed by atoms with E-state index < -0.39 is 11.7 Å². The minimum Gasteiger partial charge on any atom is -0.311 e. The van der Waals surface area contributed by atoms with Crippen molar-refractivity contribution >= 4 is 50.7 Å². The highest BCUT2D eigenvalue weighted by atomic mass is 35.5. The molecule has 0 saturated heterocycles. The van der Waals surface area contributed by atoms with Gasteiger partial charge in [0, 0.05) is 17.1 Å². The van der Waals surface area contributed by atoms with E-state index >= 15 is 0 Å². The van der Waals surface area contributed by atoms with Gasteiger partial charge in [-0.2, -0.15) is 4.99 Å². The van der Waals surface area contributed by atoms with Crippen LogP contribution in [0, 0.1) is 5.82 Å². The average Bonchev–Trinajstić information content (AvgIpc) is 2.85. The summed E-state index contributed by atoms with van der Waals surface area (Å²) in [5.74, 6) is -1.01. The van der Waals surface area contributed by atoms with E-state index in [1.165, 1.54) is 29.5 Å². The van der Waals surface area contributed by atoms with E-state index in [0.717, 1.165) is 16.3 Å². The maximum atomic E-state index is 13.3. The first-order chi connectivity index (χ1) is 11.5. The first-order valence-corrected chi connectivity index (χ1v) is 8.50. The molecule has 3 nitrogen and oxygen atoms in total. The van der Waals surface area contributed by atoms with Crippen molar-refractivity contribution in [1.29, 1.82) is 0 Å². The second-order valence-corrected chi connectivity index (χ2v) is 6.80. The van der Waals surface area contributed by atoms with Gasteiger partial charge in [0.15, 0.2) is 4.80 Å². The first kappa shape index (κ1) is 16.9. The van der Waals surface area contributed by atoms with E-state index in [2.05, 4.69) is 11.6 Å². The van der Waals surface area contributed by atoms with Crippen LogP contribution in [0.3, 0.4) is 0 Å². The molecule has 1 aromatic heterocycles. The van der Waals surface area contributed by atoms with Crippen LogP contribution in [0.15, 0.2) is 54.0 Å². The van der Waals surface area contributed by atoms with Crippen LogP contribution in [-0.4, -0.2) is 10.5 Å². The van der Waals surface area contributed by atoms with Crippen LogP contribution in [0.4, 0.5) is 4.39 Å². The summed E-state index contributed by atoms with van der Waals surface area (Å²) in [4.78, 5) is 16.9. The highest BCUT2D eigenvalue weighted by Gasteiger charge is 2.12. The molecule has 1 heterocycles. The van der Waals surface area contributed by atoms with E-state index in [0.29, 0.717) is 21.4 Å². The molecule has 0 fully saturated rings. The SMILES string of the molecule is C=CCn1c(=NC(=O)c2cccc(F)c2)sc2cc(Cl)cc(Cl)c21. The number of benzene rings is 2. The fourth-order valence-electron chi connectivity index (χ4n) is 2.29. The largest absolute Gasteiger partial charge is 0.311 e. The Bertz CT molecular complexity index is 1020. The maximum absolute atomic E-state index is 13.3. The van der Waals surface area contributed by atoms with Gasteiger partial charge in [-0.3, -0.25) is 4.79 Å². The van der Waals surface area contributed by atoms with Gasteiger partial charge in [-0.1, -0.05) is 46.7 Å². The smallest absolute Gasteiger partial charge is 0.279 e. The maximum Gasteiger partial charge on any atom is 0.279 e. The molecule has 24 heavy (non-hydrogen) atoms. The standard InChI is InChI=1S/C17H11Cl2FN2OS/c1-2-6-22-15-13(19)8-11(18)9-14(15)24-17(22)21-16(23)10-4-3-5-12(20)7-10/h2-5,7-9H,1,6H2. The van der Waals surface area contributed by atoms with Gasteiger partial charge in [0.25, 0.3) is 5.91 Å². The van der Waals surface area contributed by atoms with Gasteiger partial charge in [0.05, 0.1) is 15.2 Å². The molecule has 0 radical (unpaired) electrons. The van der Waals surface area contributed by atoms with Crippen molar-refractivity contribution in [2.75, 3.05) is 0 Å². The Balaban J connectivity index is 2.21. The van der Waals surface area contributed by atoms with Gasteiger partial charge in [-0.25, -0.2) is 4.39 Å². The Hall–Kier alpha value is -1.95. The Labute approximate surface area is 151 Å². The predicted octanol–water partition coefficient (Wildman–Crippen LogP) is 5.08. The van der Waals surface area contributed by atoms with Gasteiger partial charge >= 0.3 is 0 Å². The summed E-state index contributed by atoms with van der Waals surface area (Å²) in [6, 6.07) is 8.81. The molecule has 0 aliphatic carbocycles. The molecule has 1 amide bonds. The van der Waals surface area contributed by atoms with Gasteiger partial charge < -0.3 is 4.57 Å². The lowest BCUT2D eigenvalue weighted by Crippen LogP contribution is -2.16. The van der Waals surface area contributed by atoms with Crippen LogP contribution in [0.5, 0.6) is 0 Å². The minimum absolute atomic E-state index is 0.182. The topological polar surface area (TPSA) is 34.4 Å². The van der Waals surface area contributed by atoms with E-state index in [1.807, 2.05) is 0 Å². The van der Waals surface area contributed by atoms with Crippen molar-refractivity contribution in [3.63, 3.8) is 0 Å². The number of hydrogen-bond donors (Lipinski definition) is 0. The van der Waals surface area contributed by atoms with Crippen molar-refractivity contribution in [2.45, 2.75) is 6.54 Å². The fourth-order valence-corrected chi connectivity index (χ4v) is 4.11. The van der Waals surface area contributed by atoms with Crippen LogP contribution >= 0.6 is 34.5 Å². The molecule has 2 aromatic carbocycles. The second-order valence-electron chi connectivity index (χ2n) is 4.95. The van der Waals surface area contributed by atoms with E-state index in [1.54, 1.807) is 22.8 Å². The third-order valence-electron chi connectivity index (χ3n) is 3.28. The molecule has 0 spiro atoms. The average molecular weight is 381 g/mol. The number of aromatic nitrogens is 1. The molecule has 0 aliphatic rings. The van der Waals surface area contributed by atoms with E-state index in [-0.39, 0.29) is 5.56 Å². The van der Waals surface area contributed by atoms with Gasteiger partial charge in [0.1, 0.15) is 5.82 Å². The summed E-state index contributed by atoms with van der Waals surface area (Å²) < 4.78 is 15.9. The quantitative estimate of drug-likeness (QED) is 0.583. The predicted molar refractivity (Wildman–Crippen MR) is 96.3 cm³/mol. The molecule has 0 N–H and O–H groups in total. The normalized spacial score (nSPS) is 11.9. The number of carbonyl (C=O) groups is 1. The van der Waals surface area contributed by atoms with E-state index in [4.69, 9.17) is 23.2 Å². The molecule has 0 saturated carbocycles. The summed E-state index contributed by atoms with van der Waals surface area (Å²) in [5.41, 5.74) is 0.915. The number of allylic oxidation sites excluding steroid dienone is 1. The number of amides is 1. The molecule has 0 atom stereocenters. The summed E-state index contributed by atoms with van der Waals surface area (Å²) in [5, 5.41) is 0.970. The number of halogens is 3. The zero-order valence-corrected chi connectivity index (χ0v) is 14.6. The van der Waals surface area contributed by atoms with Crippen LogP contribution in [0.2, 0.25) is 10.0 Å². The summed E-state index contributed by atoms with van der Waals surface area (Å²) >= 11 is 13.6. The van der Waals surface area contributed by atoms with Crippen molar-refractivity contribution < 1.29 is 9.18 Å². The second kappa shape index (κ2) is 6.89. The Kier molecular flexibility index (Phi) is 4.85. The minimum atomic E-state index is -0.527. The van der Waals surface area contributed by atoms with Crippen LogP contribution in [-0.2, 0) is 6.54 Å². The Morgan fingerprint density at radius 3 is 2.83 bits per heavy atom. The van der Waals surface area contributed by atoms with Gasteiger partial charge in [-0.15, -0.1) is 6.58 Å². The number of thiazole rings is 1. The molecule has 3 aromatic rings. The summed E-state index contributed by atoms with van der Waals surface area (Å²) in [6.45, 7) is 4.15. The number of rotatable bonds is 3. The fraction of sp³-hybridized carbons (Fsp3) is 0.0588. The molecule has 3 rings (SSSR count). The monoisotopic (exact) mass is 380 g/mol. The lowest BCUT2D eigenvalue weighted by atomic mass is 10.2. The third-order valence-corrected chi connectivity index (χ3v) is 4.81. The molecule has 0 unspecified atom stereocenters. The van der Waals surface area contributed by atoms with Crippen molar-refractivity contribution in [3.8, 4) is 0 Å². The molecular weight excluding hydrogens is 370 g/mol. The zero-order chi connectivity index (χ0) is 17.3. The Morgan fingerprint density at radius 2 is 2.12 bits per heavy atom. The number of nitrogens with zero attached hydrogens (tertiary/aromatic N) is 2.